The Morgan fingerprint density at radius 2 is 0.833 bits per heavy atom. The van der Waals surface area contributed by atoms with E-state index in [0.717, 1.165) is 62.5 Å². The molecule has 0 saturated heterocycles. The third-order valence-corrected chi connectivity index (χ3v) is 4.37. The highest BCUT2D eigenvalue weighted by molar-refractivity contribution is 5.61. The molecular formula is C16H16N2. The Hall–Kier alpha value is -1.80. The lowest BCUT2D eigenvalue weighted by atomic mass is 9.76. The molecule has 0 amide bonds. The van der Waals surface area contributed by atoms with Gasteiger partial charge in [0.2, 0.25) is 0 Å². The molecule has 0 aliphatic heterocycles. The van der Waals surface area contributed by atoms with Crippen LogP contribution in [0.15, 0.2) is 0 Å². The summed E-state index contributed by atoms with van der Waals surface area (Å²) in [6, 6.07) is 4.85. The number of nitrogens with zero attached hydrogens (tertiary/aromatic N) is 2. The van der Waals surface area contributed by atoms with Gasteiger partial charge in [-0.2, -0.15) is 10.5 Å². The zero-order chi connectivity index (χ0) is 12.5. The average molecular weight is 236 g/mol. The third kappa shape index (κ3) is 1.53. The number of hydrogen-bond acceptors (Lipinski definition) is 2. The van der Waals surface area contributed by atoms with Crippen LogP contribution < -0.4 is 0 Å². The summed E-state index contributed by atoms with van der Waals surface area (Å²) in [5.41, 5.74) is 6.61. The molecule has 90 valence electrons. The summed E-state index contributed by atoms with van der Waals surface area (Å²) in [5.74, 6) is 0. The van der Waals surface area contributed by atoms with Gasteiger partial charge in [-0.1, -0.05) is 0 Å². The molecule has 0 aromatic heterocycles. The van der Waals surface area contributed by atoms with Crippen molar-refractivity contribution in [2.45, 2.75) is 51.4 Å². The van der Waals surface area contributed by atoms with Crippen molar-refractivity contribution in [3.05, 3.63) is 33.4 Å². The predicted molar refractivity (Wildman–Crippen MR) is 69.2 cm³/mol. The van der Waals surface area contributed by atoms with Crippen LogP contribution in [0.4, 0.5) is 0 Å². The van der Waals surface area contributed by atoms with Crippen LogP contribution in [0.5, 0.6) is 0 Å². The van der Waals surface area contributed by atoms with Crippen molar-refractivity contribution in [1.82, 2.24) is 0 Å². The Kier molecular flexibility index (Phi) is 2.80. The maximum Gasteiger partial charge on any atom is 0.0997 e. The van der Waals surface area contributed by atoms with Crippen molar-refractivity contribution >= 4 is 0 Å². The first-order valence-corrected chi connectivity index (χ1v) is 6.86. The molecule has 2 aliphatic carbocycles. The van der Waals surface area contributed by atoms with Crippen LogP contribution in [-0.2, 0) is 25.7 Å². The molecule has 0 radical (unpaired) electrons. The Labute approximate surface area is 108 Å². The molecule has 0 atom stereocenters. The Balaban J connectivity index is 2.35. The van der Waals surface area contributed by atoms with E-state index in [-0.39, 0.29) is 0 Å². The number of nitriles is 2. The Morgan fingerprint density at radius 1 is 0.556 bits per heavy atom. The predicted octanol–water partition coefficient (Wildman–Crippen LogP) is 3.19. The SMILES string of the molecule is N#Cc1c2c(c(C#N)c3c1CCCC3)CCCC2. The van der Waals surface area contributed by atoms with Gasteiger partial charge in [-0.3, -0.25) is 0 Å². The molecule has 0 N–H and O–H groups in total. The van der Waals surface area contributed by atoms with Gasteiger partial charge in [-0.05, 0) is 73.6 Å². The maximum absolute atomic E-state index is 9.48. The molecule has 2 heteroatoms. The highest BCUT2D eigenvalue weighted by Gasteiger charge is 2.26. The van der Waals surface area contributed by atoms with E-state index in [1.165, 1.54) is 22.3 Å². The lowest BCUT2D eigenvalue weighted by molar-refractivity contribution is 0.653. The van der Waals surface area contributed by atoms with Gasteiger partial charge >= 0.3 is 0 Å². The van der Waals surface area contributed by atoms with Crippen LogP contribution in [-0.4, -0.2) is 0 Å². The number of benzene rings is 1. The largest absolute Gasteiger partial charge is 0.192 e. The fraction of sp³-hybridized carbons (Fsp3) is 0.500. The summed E-state index contributed by atoms with van der Waals surface area (Å²) in [7, 11) is 0. The van der Waals surface area contributed by atoms with Crippen LogP contribution in [0.1, 0.15) is 59.1 Å². The molecule has 0 fully saturated rings. The van der Waals surface area contributed by atoms with E-state index in [4.69, 9.17) is 0 Å². The number of rotatable bonds is 0. The molecule has 0 saturated carbocycles. The van der Waals surface area contributed by atoms with Gasteiger partial charge < -0.3 is 0 Å². The fourth-order valence-corrected chi connectivity index (χ4v) is 3.55. The summed E-state index contributed by atoms with van der Waals surface area (Å²) in [6.07, 6.45) is 8.58. The van der Waals surface area contributed by atoms with E-state index in [0.29, 0.717) is 0 Å². The van der Waals surface area contributed by atoms with Crippen molar-refractivity contribution in [1.29, 1.82) is 10.5 Å². The van der Waals surface area contributed by atoms with Crippen molar-refractivity contribution in [3.8, 4) is 12.1 Å². The molecule has 0 spiro atoms. The fourth-order valence-electron chi connectivity index (χ4n) is 3.55. The second kappa shape index (κ2) is 4.46. The van der Waals surface area contributed by atoms with Crippen LogP contribution in [0.2, 0.25) is 0 Å². The zero-order valence-electron chi connectivity index (χ0n) is 10.6. The van der Waals surface area contributed by atoms with Crippen molar-refractivity contribution in [3.63, 3.8) is 0 Å². The molecule has 0 bridgehead atoms. The van der Waals surface area contributed by atoms with Gasteiger partial charge in [0.15, 0.2) is 0 Å². The summed E-state index contributed by atoms with van der Waals surface area (Å²) in [4.78, 5) is 0. The molecular weight excluding hydrogens is 220 g/mol. The van der Waals surface area contributed by atoms with Crippen LogP contribution in [0.25, 0.3) is 0 Å². The quantitative estimate of drug-likeness (QED) is 0.694. The first kappa shape index (κ1) is 11.3. The van der Waals surface area contributed by atoms with Gasteiger partial charge in [0.25, 0.3) is 0 Å². The number of hydrogen-bond donors (Lipinski definition) is 0. The standard InChI is InChI=1S/C16H16N2/c17-9-15-11-5-1-2-6-12(11)16(10-18)14-8-4-3-7-13(14)15/h1-8H2. The van der Waals surface area contributed by atoms with Crippen LogP contribution in [0.3, 0.4) is 0 Å². The van der Waals surface area contributed by atoms with Gasteiger partial charge in [0.05, 0.1) is 23.3 Å². The highest BCUT2D eigenvalue weighted by Crippen LogP contribution is 2.36. The minimum atomic E-state index is 0.915. The first-order valence-electron chi connectivity index (χ1n) is 6.86. The molecule has 2 nitrogen and oxygen atoms in total. The first-order chi connectivity index (χ1) is 8.86. The topological polar surface area (TPSA) is 47.6 Å². The smallest absolute Gasteiger partial charge is 0.0997 e. The molecule has 1 aromatic rings. The van der Waals surface area contributed by atoms with Crippen molar-refractivity contribution < 1.29 is 0 Å². The highest BCUT2D eigenvalue weighted by atomic mass is 14.3. The van der Waals surface area contributed by atoms with Crippen LogP contribution >= 0.6 is 0 Å². The van der Waals surface area contributed by atoms with E-state index in [1.807, 2.05) is 0 Å². The van der Waals surface area contributed by atoms with E-state index >= 15 is 0 Å². The van der Waals surface area contributed by atoms with Gasteiger partial charge in [0.1, 0.15) is 0 Å². The Bertz CT molecular complexity index is 495. The Morgan fingerprint density at radius 3 is 1.06 bits per heavy atom. The van der Waals surface area contributed by atoms with Crippen LogP contribution in [0, 0.1) is 22.7 Å². The van der Waals surface area contributed by atoms with Crippen molar-refractivity contribution in [2.75, 3.05) is 0 Å². The molecule has 0 unspecified atom stereocenters. The number of fused-ring (bicyclic) bond motifs is 2. The second-order valence-electron chi connectivity index (χ2n) is 5.30. The van der Waals surface area contributed by atoms with E-state index in [1.54, 1.807) is 0 Å². The molecule has 18 heavy (non-hydrogen) atoms. The normalized spacial score (nSPS) is 17.2. The summed E-state index contributed by atoms with van der Waals surface area (Å²) in [6.45, 7) is 0. The minimum Gasteiger partial charge on any atom is -0.192 e. The molecule has 1 aromatic carbocycles. The zero-order valence-corrected chi connectivity index (χ0v) is 10.6. The summed E-state index contributed by atoms with van der Waals surface area (Å²) < 4.78 is 0. The maximum atomic E-state index is 9.48. The monoisotopic (exact) mass is 236 g/mol. The molecule has 2 aliphatic rings. The van der Waals surface area contributed by atoms with Gasteiger partial charge in [0, 0.05) is 0 Å². The van der Waals surface area contributed by atoms with E-state index < -0.39 is 0 Å². The van der Waals surface area contributed by atoms with E-state index in [9.17, 15) is 10.5 Å². The summed E-state index contributed by atoms with van der Waals surface area (Å²) in [5, 5.41) is 19.0. The third-order valence-electron chi connectivity index (χ3n) is 4.37. The van der Waals surface area contributed by atoms with Gasteiger partial charge in [-0.25, -0.2) is 0 Å². The lowest BCUT2D eigenvalue weighted by Crippen LogP contribution is -2.16. The van der Waals surface area contributed by atoms with Crippen molar-refractivity contribution in [2.24, 2.45) is 0 Å². The van der Waals surface area contributed by atoms with E-state index in [2.05, 4.69) is 12.1 Å². The van der Waals surface area contributed by atoms with Gasteiger partial charge in [-0.15, -0.1) is 0 Å². The summed E-state index contributed by atoms with van der Waals surface area (Å²) >= 11 is 0. The average Bonchev–Trinajstić information content (AvgIpc) is 2.44. The lowest BCUT2D eigenvalue weighted by Gasteiger charge is -2.26. The molecule has 0 heterocycles. The molecule has 3 rings (SSSR count). The second-order valence-corrected chi connectivity index (χ2v) is 5.30. The minimum absolute atomic E-state index is 0.915.